The molecule has 0 atom stereocenters. The smallest absolute Gasteiger partial charge is 0.310 e. The number of hydrogen-bond acceptors (Lipinski definition) is 6. The van der Waals surface area contributed by atoms with Crippen LogP contribution in [-0.4, -0.2) is 25.6 Å². The van der Waals surface area contributed by atoms with Gasteiger partial charge in [0.15, 0.2) is 6.61 Å². The number of amides is 1. The summed E-state index contributed by atoms with van der Waals surface area (Å²) < 4.78 is 10.1. The SMILES string of the molecule is COc1ccc(CC(=O)OCC(=O)Nc2c(C)cc(SC#N)cc2C)cc1. The van der Waals surface area contributed by atoms with E-state index in [2.05, 4.69) is 5.32 Å². The second-order valence-electron chi connectivity index (χ2n) is 5.86. The molecular weight excluding hydrogens is 364 g/mol. The van der Waals surface area contributed by atoms with Gasteiger partial charge in [0.1, 0.15) is 11.2 Å². The summed E-state index contributed by atoms with van der Waals surface area (Å²) in [6, 6.07) is 10.7. The van der Waals surface area contributed by atoms with Crippen molar-refractivity contribution in [2.24, 2.45) is 0 Å². The first-order valence-corrected chi connectivity index (χ1v) is 9.00. The Kier molecular flexibility index (Phi) is 7.26. The summed E-state index contributed by atoms with van der Waals surface area (Å²) in [6.07, 6.45) is 0.0788. The molecule has 1 amide bonds. The van der Waals surface area contributed by atoms with Crippen molar-refractivity contribution in [3.63, 3.8) is 0 Å². The van der Waals surface area contributed by atoms with Crippen LogP contribution in [0.3, 0.4) is 0 Å². The Bertz CT molecular complexity index is 850. The van der Waals surface area contributed by atoms with Crippen LogP contribution in [0.4, 0.5) is 5.69 Å². The van der Waals surface area contributed by atoms with Crippen LogP contribution in [0.25, 0.3) is 0 Å². The number of nitrogens with one attached hydrogen (secondary N) is 1. The van der Waals surface area contributed by atoms with E-state index in [0.717, 1.165) is 33.3 Å². The lowest BCUT2D eigenvalue weighted by atomic mass is 10.1. The number of nitriles is 1. The molecule has 140 valence electrons. The van der Waals surface area contributed by atoms with Crippen LogP contribution in [0.1, 0.15) is 16.7 Å². The molecule has 0 aliphatic rings. The zero-order valence-electron chi connectivity index (χ0n) is 15.4. The topological polar surface area (TPSA) is 88.4 Å². The van der Waals surface area contributed by atoms with Gasteiger partial charge in [-0.2, -0.15) is 5.26 Å². The quantitative estimate of drug-likeness (QED) is 0.446. The molecule has 0 aliphatic heterocycles. The Labute approximate surface area is 162 Å². The molecular formula is C20H20N2O4S. The first kappa shape index (κ1) is 20.3. The number of nitrogens with zero attached hydrogens (tertiary/aromatic N) is 1. The van der Waals surface area contributed by atoms with E-state index >= 15 is 0 Å². The number of thioether (sulfide) groups is 1. The summed E-state index contributed by atoms with van der Waals surface area (Å²) in [5.41, 5.74) is 3.11. The van der Waals surface area contributed by atoms with Gasteiger partial charge in [0.25, 0.3) is 5.91 Å². The molecule has 2 rings (SSSR count). The number of anilines is 1. The number of benzene rings is 2. The molecule has 0 saturated carbocycles. The maximum Gasteiger partial charge on any atom is 0.310 e. The summed E-state index contributed by atoms with van der Waals surface area (Å²) in [4.78, 5) is 24.8. The van der Waals surface area contributed by atoms with E-state index in [4.69, 9.17) is 14.7 Å². The van der Waals surface area contributed by atoms with E-state index < -0.39 is 11.9 Å². The number of carbonyl (C=O) groups excluding carboxylic acids is 2. The van der Waals surface area contributed by atoms with Gasteiger partial charge in [0.05, 0.1) is 13.5 Å². The molecule has 0 aliphatic carbocycles. The number of carbonyl (C=O) groups is 2. The highest BCUT2D eigenvalue weighted by molar-refractivity contribution is 8.03. The van der Waals surface area contributed by atoms with Crippen LogP contribution < -0.4 is 10.1 Å². The van der Waals surface area contributed by atoms with E-state index in [-0.39, 0.29) is 13.0 Å². The molecule has 2 aromatic carbocycles. The molecule has 27 heavy (non-hydrogen) atoms. The third-order valence-electron chi connectivity index (χ3n) is 3.81. The Morgan fingerprint density at radius 3 is 2.33 bits per heavy atom. The highest BCUT2D eigenvalue weighted by atomic mass is 32.2. The van der Waals surface area contributed by atoms with Gasteiger partial charge in [0.2, 0.25) is 0 Å². The van der Waals surface area contributed by atoms with Crippen LogP contribution in [0.15, 0.2) is 41.3 Å². The fraction of sp³-hybridized carbons (Fsp3) is 0.250. The van der Waals surface area contributed by atoms with Crippen LogP contribution in [0.5, 0.6) is 5.75 Å². The van der Waals surface area contributed by atoms with Crippen molar-refractivity contribution in [2.75, 3.05) is 19.0 Å². The van der Waals surface area contributed by atoms with Gasteiger partial charge in [-0.3, -0.25) is 9.59 Å². The van der Waals surface area contributed by atoms with Crippen LogP contribution in [-0.2, 0) is 20.7 Å². The van der Waals surface area contributed by atoms with Crippen molar-refractivity contribution in [3.8, 4) is 11.2 Å². The van der Waals surface area contributed by atoms with Crippen molar-refractivity contribution in [3.05, 3.63) is 53.1 Å². The second-order valence-corrected chi connectivity index (χ2v) is 6.72. The molecule has 0 fully saturated rings. The fourth-order valence-electron chi connectivity index (χ4n) is 2.52. The lowest BCUT2D eigenvalue weighted by Crippen LogP contribution is -2.22. The van der Waals surface area contributed by atoms with E-state index in [1.807, 2.05) is 31.4 Å². The van der Waals surface area contributed by atoms with Crippen molar-refractivity contribution >= 4 is 29.3 Å². The molecule has 0 saturated heterocycles. The molecule has 6 nitrogen and oxygen atoms in total. The van der Waals surface area contributed by atoms with E-state index in [1.54, 1.807) is 31.4 Å². The fourth-order valence-corrected chi connectivity index (χ4v) is 3.09. The first-order chi connectivity index (χ1) is 12.9. The summed E-state index contributed by atoms with van der Waals surface area (Å²) in [7, 11) is 1.57. The number of esters is 1. The molecule has 0 heterocycles. The van der Waals surface area contributed by atoms with Gasteiger partial charge >= 0.3 is 5.97 Å². The number of rotatable bonds is 7. The average Bonchev–Trinajstić information content (AvgIpc) is 2.64. The summed E-state index contributed by atoms with van der Waals surface area (Å²) >= 11 is 1.06. The minimum absolute atomic E-state index is 0.0788. The van der Waals surface area contributed by atoms with Crippen molar-refractivity contribution in [2.45, 2.75) is 25.2 Å². The third kappa shape index (κ3) is 6.04. The van der Waals surface area contributed by atoms with Crippen molar-refractivity contribution in [1.82, 2.24) is 0 Å². The van der Waals surface area contributed by atoms with E-state index in [9.17, 15) is 9.59 Å². The Morgan fingerprint density at radius 1 is 1.15 bits per heavy atom. The Morgan fingerprint density at radius 2 is 1.78 bits per heavy atom. The van der Waals surface area contributed by atoms with E-state index in [1.165, 1.54) is 0 Å². The number of hydrogen-bond donors (Lipinski definition) is 1. The lowest BCUT2D eigenvalue weighted by molar-refractivity contribution is -0.146. The Balaban J connectivity index is 1.88. The zero-order chi connectivity index (χ0) is 19.8. The number of thiocyanates is 1. The molecule has 0 bridgehead atoms. The van der Waals surface area contributed by atoms with Crippen molar-refractivity contribution < 1.29 is 19.1 Å². The maximum atomic E-state index is 12.1. The standard InChI is InChI=1S/C20H20N2O4S/c1-13-8-17(27-12-21)9-14(2)20(13)22-18(23)11-26-19(24)10-15-4-6-16(25-3)7-5-15/h4-9H,10-11H2,1-3H3,(H,22,23). The lowest BCUT2D eigenvalue weighted by Gasteiger charge is -2.13. The number of methoxy groups -OCH3 is 1. The van der Waals surface area contributed by atoms with E-state index in [0.29, 0.717) is 11.4 Å². The van der Waals surface area contributed by atoms with Gasteiger partial charge in [-0.15, -0.1) is 0 Å². The van der Waals surface area contributed by atoms with Crippen LogP contribution >= 0.6 is 11.8 Å². The Hall–Kier alpha value is -2.98. The summed E-state index contributed by atoms with van der Waals surface area (Å²) in [5.74, 6) is -0.189. The molecule has 0 spiro atoms. The van der Waals surface area contributed by atoms with Gasteiger partial charge in [-0.05, 0) is 66.6 Å². The monoisotopic (exact) mass is 384 g/mol. The number of aryl methyl sites for hydroxylation is 2. The normalized spacial score (nSPS) is 10.0. The maximum absolute atomic E-state index is 12.1. The van der Waals surface area contributed by atoms with Gasteiger partial charge in [-0.25, -0.2) is 0 Å². The summed E-state index contributed by atoms with van der Waals surface area (Å²) in [6.45, 7) is 3.34. The predicted octanol–water partition coefficient (Wildman–Crippen LogP) is 3.61. The summed E-state index contributed by atoms with van der Waals surface area (Å²) in [5, 5.41) is 13.5. The van der Waals surface area contributed by atoms with Gasteiger partial charge in [0, 0.05) is 10.6 Å². The van der Waals surface area contributed by atoms with Gasteiger partial charge < -0.3 is 14.8 Å². The number of ether oxygens (including phenoxy) is 2. The predicted molar refractivity (Wildman–Crippen MR) is 104 cm³/mol. The molecule has 0 radical (unpaired) electrons. The van der Waals surface area contributed by atoms with Crippen LogP contribution in [0.2, 0.25) is 0 Å². The molecule has 0 unspecified atom stereocenters. The molecule has 0 aromatic heterocycles. The minimum atomic E-state index is -0.482. The highest BCUT2D eigenvalue weighted by Gasteiger charge is 2.12. The molecule has 2 aromatic rings. The highest BCUT2D eigenvalue weighted by Crippen LogP contribution is 2.27. The molecule has 7 heteroatoms. The van der Waals surface area contributed by atoms with Crippen molar-refractivity contribution in [1.29, 1.82) is 5.26 Å². The van der Waals surface area contributed by atoms with Crippen LogP contribution in [0, 0.1) is 24.5 Å². The first-order valence-electron chi connectivity index (χ1n) is 8.18. The minimum Gasteiger partial charge on any atom is -0.497 e. The second kappa shape index (κ2) is 9.64. The van der Waals surface area contributed by atoms with Gasteiger partial charge in [-0.1, -0.05) is 12.1 Å². The molecule has 1 N–H and O–H groups in total. The average molecular weight is 384 g/mol. The zero-order valence-corrected chi connectivity index (χ0v) is 16.2. The third-order valence-corrected chi connectivity index (χ3v) is 4.37. The largest absolute Gasteiger partial charge is 0.497 e.